The van der Waals surface area contributed by atoms with Crippen LogP contribution in [0.3, 0.4) is 0 Å². The summed E-state index contributed by atoms with van der Waals surface area (Å²) < 4.78 is 5.10. The third kappa shape index (κ3) is 3.14. The van der Waals surface area contributed by atoms with Crippen molar-refractivity contribution < 1.29 is 9.84 Å². The van der Waals surface area contributed by atoms with Crippen LogP contribution >= 0.6 is 23.5 Å². The maximum absolute atomic E-state index is 9.98. The number of benzene rings is 2. The summed E-state index contributed by atoms with van der Waals surface area (Å²) in [4.78, 5) is 0. The molecule has 0 atom stereocenters. The summed E-state index contributed by atoms with van der Waals surface area (Å²) in [5.74, 6) is 3.08. The van der Waals surface area contributed by atoms with E-state index in [1.165, 1.54) is 12.0 Å². The SMILES string of the molecule is COc1cccc(-c2cccc(C3(CO)SCCCS3)c2)c1. The molecule has 0 amide bonds. The fourth-order valence-electron chi connectivity index (χ4n) is 2.66. The quantitative estimate of drug-likeness (QED) is 0.900. The first-order chi connectivity index (χ1) is 10.8. The molecule has 1 heterocycles. The van der Waals surface area contributed by atoms with Gasteiger partial charge in [-0.05, 0) is 52.8 Å². The van der Waals surface area contributed by atoms with Crippen molar-refractivity contribution in [3.8, 4) is 16.9 Å². The predicted octanol–water partition coefficient (Wildman–Crippen LogP) is 4.38. The van der Waals surface area contributed by atoms with Crippen molar-refractivity contribution in [3.63, 3.8) is 0 Å². The summed E-state index contributed by atoms with van der Waals surface area (Å²) >= 11 is 3.73. The fourth-order valence-corrected chi connectivity index (χ4v) is 5.68. The lowest BCUT2D eigenvalue weighted by molar-refractivity contribution is 0.285. The minimum absolute atomic E-state index is 0.171. The summed E-state index contributed by atoms with van der Waals surface area (Å²) in [6.45, 7) is 0.171. The van der Waals surface area contributed by atoms with Gasteiger partial charge >= 0.3 is 0 Å². The van der Waals surface area contributed by atoms with Gasteiger partial charge in [-0.15, -0.1) is 23.5 Å². The molecule has 0 radical (unpaired) electrons. The van der Waals surface area contributed by atoms with E-state index in [2.05, 4.69) is 30.3 Å². The lowest BCUT2D eigenvalue weighted by atomic mass is 10.0. The Balaban J connectivity index is 1.98. The van der Waals surface area contributed by atoms with Crippen LogP contribution in [0, 0.1) is 0 Å². The molecule has 3 rings (SSSR count). The molecule has 1 N–H and O–H groups in total. The van der Waals surface area contributed by atoms with Crippen molar-refractivity contribution in [1.29, 1.82) is 0 Å². The molecule has 2 nitrogen and oxygen atoms in total. The van der Waals surface area contributed by atoms with Crippen LogP contribution in [-0.4, -0.2) is 30.3 Å². The highest BCUT2D eigenvalue weighted by Crippen LogP contribution is 2.50. The van der Waals surface area contributed by atoms with E-state index in [9.17, 15) is 5.11 Å². The largest absolute Gasteiger partial charge is 0.497 e. The first-order valence-electron chi connectivity index (χ1n) is 7.41. The highest BCUT2D eigenvalue weighted by atomic mass is 32.2. The Kier molecular flexibility index (Phi) is 5.01. The predicted molar refractivity (Wildman–Crippen MR) is 96.7 cm³/mol. The topological polar surface area (TPSA) is 29.5 Å². The van der Waals surface area contributed by atoms with Crippen molar-refractivity contribution in [1.82, 2.24) is 0 Å². The molecule has 0 bridgehead atoms. The first-order valence-corrected chi connectivity index (χ1v) is 9.38. The van der Waals surface area contributed by atoms with Gasteiger partial charge in [0.15, 0.2) is 0 Å². The van der Waals surface area contributed by atoms with Gasteiger partial charge in [0.05, 0.1) is 13.7 Å². The molecule has 1 saturated heterocycles. The van der Waals surface area contributed by atoms with Crippen LogP contribution in [0.5, 0.6) is 5.75 Å². The van der Waals surface area contributed by atoms with Crippen LogP contribution < -0.4 is 4.74 Å². The number of aliphatic hydroxyl groups is 1. The minimum atomic E-state index is -0.215. The second-order valence-corrected chi connectivity index (χ2v) is 8.32. The maximum atomic E-state index is 9.98. The minimum Gasteiger partial charge on any atom is -0.497 e. The highest BCUT2D eigenvalue weighted by molar-refractivity contribution is 8.18. The van der Waals surface area contributed by atoms with Gasteiger partial charge in [0.2, 0.25) is 0 Å². The standard InChI is InChI=1S/C18H20O2S2/c1-20-17-8-3-6-15(12-17)14-5-2-7-16(11-14)18(13-19)21-9-4-10-22-18/h2-3,5-8,11-12,19H,4,9-10,13H2,1H3. The maximum Gasteiger partial charge on any atom is 0.119 e. The summed E-state index contributed by atoms with van der Waals surface area (Å²) in [6.07, 6.45) is 1.21. The van der Waals surface area contributed by atoms with Crippen molar-refractivity contribution >= 4 is 23.5 Å². The van der Waals surface area contributed by atoms with Crippen LogP contribution in [0.25, 0.3) is 11.1 Å². The molecule has 1 aliphatic rings. The number of methoxy groups -OCH3 is 1. The second kappa shape index (κ2) is 6.99. The summed E-state index contributed by atoms with van der Waals surface area (Å²) in [7, 11) is 1.69. The molecule has 116 valence electrons. The monoisotopic (exact) mass is 332 g/mol. The van der Waals surface area contributed by atoms with E-state index in [-0.39, 0.29) is 10.7 Å². The molecule has 0 saturated carbocycles. The zero-order valence-electron chi connectivity index (χ0n) is 12.6. The Morgan fingerprint density at radius 2 is 1.73 bits per heavy atom. The molecule has 22 heavy (non-hydrogen) atoms. The Morgan fingerprint density at radius 1 is 1.05 bits per heavy atom. The number of ether oxygens (including phenoxy) is 1. The van der Waals surface area contributed by atoms with Gasteiger partial charge < -0.3 is 9.84 Å². The molecule has 0 aliphatic carbocycles. The van der Waals surface area contributed by atoms with E-state index >= 15 is 0 Å². The average molecular weight is 332 g/mol. The van der Waals surface area contributed by atoms with E-state index in [1.54, 1.807) is 7.11 Å². The van der Waals surface area contributed by atoms with Gasteiger partial charge in [0.25, 0.3) is 0 Å². The molecule has 4 heteroatoms. The number of rotatable bonds is 4. The number of aliphatic hydroxyl groups excluding tert-OH is 1. The van der Waals surface area contributed by atoms with Crippen molar-refractivity contribution in [2.75, 3.05) is 25.2 Å². The molecule has 0 unspecified atom stereocenters. The third-order valence-electron chi connectivity index (χ3n) is 3.87. The smallest absolute Gasteiger partial charge is 0.119 e. The van der Waals surface area contributed by atoms with Crippen molar-refractivity contribution in [3.05, 3.63) is 54.1 Å². The van der Waals surface area contributed by atoms with E-state index in [4.69, 9.17) is 4.74 Å². The van der Waals surface area contributed by atoms with Crippen molar-refractivity contribution in [2.24, 2.45) is 0 Å². The molecular formula is C18H20O2S2. The summed E-state index contributed by atoms with van der Waals surface area (Å²) in [5.41, 5.74) is 3.50. The van der Waals surface area contributed by atoms with Gasteiger partial charge in [-0.2, -0.15) is 0 Å². The van der Waals surface area contributed by atoms with Crippen molar-refractivity contribution in [2.45, 2.75) is 10.5 Å². The Hall–Kier alpha value is -1.10. The first kappa shape index (κ1) is 15.8. The van der Waals surface area contributed by atoms with Crippen LogP contribution in [0.15, 0.2) is 48.5 Å². The Bertz CT molecular complexity index is 636. The molecular weight excluding hydrogens is 312 g/mol. The summed E-state index contributed by atoms with van der Waals surface area (Å²) in [6, 6.07) is 16.6. The van der Waals surface area contributed by atoms with Gasteiger partial charge in [-0.1, -0.05) is 30.3 Å². The normalized spacial score (nSPS) is 17.2. The van der Waals surface area contributed by atoms with Gasteiger partial charge in [-0.3, -0.25) is 0 Å². The lowest BCUT2D eigenvalue weighted by Gasteiger charge is -2.35. The molecule has 0 aromatic heterocycles. The van der Waals surface area contributed by atoms with Crippen LogP contribution in [0.4, 0.5) is 0 Å². The zero-order valence-corrected chi connectivity index (χ0v) is 14.3. The second-order valence-electron chi connectivity index (χ2n) is 5.27. The fraction of sp³-hybridized carbons (Fsp3) is 0.333. The molecule has 2 aromatic carbocycles. The Morgan fingerprint density at radius 3 is 2.41 bits per heavy atom. The average Bonchev–Trinajstić information content (AvgIpc) is 2.62. The third-order valence-corrected chi connectivity index (χ3v) is 7.23. The number of hydrogen-bond acceptors (Lipinski definition) is 4. The molecule has 0 spiro atoms. The molecule has 1 aliphatic heterocycles. The highest BCUT2D eigenvalue weighted by Gasteiger charge is 2.35. The summed E-state index contributed by atoms with van der Waals surface area (Å²) in [5, 5.41) is 9.98. The van der Waals surface area contributed by atoms with E-state index in [0.29, 0.717) is 0 Å². The van der Waals surface area contributed by atoms with E-state index in [0.717, 1.165) is 28.4 Å². The van der Waals surface area contributed by atoms with Crippen LogP contribution in [-0.2, 0) is 4.08 Å². The van der Waals surface area contributed by atoms with Crippen LogP contribution in [0.2, 0.25) is 0 Å². The van der Waals surface area contributed by atoms with Gasteiger partial charge in [-0.25, -0.2) is 0 Å². The molecule has 1 fully saturated rings. The Labute approximate surface area is 140 Å². The number of hydrogen-bond donors (Lipinski definition) is 1. The van der Waals surface area contributed by atoms with E-state index < -0.39 is 0 Å². The van der Waals surface area contributed by atoms with E-state index in [1.807, 2.05) is 41.7 Å². The molecule has 2 aromatic rings. The number of thioether (sulfide) groups is 2. The zero-order chi connectivity index (χ0) is 15.4. The van der Waals surface area contributed by atoms with Gasteiger partial charge in [0, 0.05) is 0 Å². The van der Waals surface area contributed by atoms with Crippen LogP contribution in [0.1, 0.15) is 12.0 Å². The lowest BCUT2D eigenvalue weighted by Crippen LogP contribution is -2.26. The van der Waals surface area contributed by atoms with Gasteiger partial charge in [0.1, 0.15) is 9.83 Å².